The van der Waals surface area contributed by atoms with E-state index >= 15 is 0 Å². The quantitative estimate of drug-likeness (QED) is 0.144. The van der Waals surface area contributed by atoms with Crippen LogP contribution in [0.3, 0.4) is 0 Å². The van der Waals surface area contributed by atoms with Crippen LogP contribution in [0, 0.1) is 12.8 Å². The van der Waals surface area contributed by atoms with E-state index in [2.05, 4.69) is 31.2 Å². The van der Waals surface area contributed by atoms with Crippen LogP contribution in [0.4, 0.5) is 4.79 Å². The van der Waals surface area contributed by atoms with Crippen molar-refractivity contribution >= 4 is 23.9 Å². The second-order valence-corrected chi connectivity index (χ2v) is 11.8. The van der Waals surface area contributed by atoms with Crippen molar-refractivity contribution in [2.45, 2.75) is 70.7 Å². The summed E-state index contributed by atoms with van der Waals surface area (Å²) in [4.78, 5) is 59.2. The van der Waals surface area contributed by atoms with E-state index in [9.17, 15) is 24.3 Å². The first-order valence-corrected chi connectivity index (χ1v) is 16.2. The lowest BCUT2D eigenvalue weighted by Gasteiger charge is -2.23. The van der Waals surface area contributed by atoms with E-state index in [1.165, 1.54) is 25.2 Å². The molecule has 0 bridgehead atoms. The molecule has 3 amide bonds. The molecule has 0 saturated carbocycles. The summed E-state index contributed by atoms with van der Waals surface area (Å²) in [5, 5.41) is 20.7. The highest BCUT2D eigenvalue weighted by molar-refractivity contribution is 5.93. The normalized spacial score (nSPS) is 15.4. The van der Waals surface area contributed by atoms with Crippen LogP contribution in [-0.2, 0) is 38.7 Å². The smallest absolute Gasteiger partial charge is 0.408 e. The molecular weight excluding hydrogens is 616 g/mol. The number of benzene rings is 2. The van der Waals surface area contributed by atoms with Gasteiger partial charge in [-0.3, -0.25) is 24.4 Å². The summed E-state index contributed by atoms with van der Waals surface area (Å²) in [6.07, 6.45) is 6.73. The van der Waals surface area contributed by atoms with Gasteiger partial charge in [0.05, 0.1) is 18.7 Å². The molecule has 13 nitrogen and oxygen atoms in total. The van der Waals surface area contributed by atoms with E-state index in [4.69, 9.17) is 9.47 Å². The van der Waals surface area contributed by atoms with E-state index in [0.29, 0.717) is 30.4 Å². The Morgan fingerprint density at radius 1 is 1.04 bits per heavy atom. The van der Waals surface area contributed by atoms with Crippen molar-refractivity contribution in [3.05, 3.63) is 89.5 Å². The van der Waals surface area contributed by atoms with Gasteiger partial charge in [-0.1, -0.05) is 36.4 Å². The number of hydrogen-bond donors (Lipinski definition) is 5. The Balaban J connectivity index is 1.38. The van der Waals surface area contributed by atoms with Crippen molar-refractivity contribution in [2.24, 2.45) is 5.92 Å². The lowest BCUT2D eigenvalue weighted by atomic mass is 9.97. The molecule has 0 radical (unpaired) electrons. The van der Waals surface area contributed by atoms with Crippen LogP contribution in [-0.4, -0.2) is 70.7 Å². The van der Waals surface area contributed by atoms with Crippen molar-refractivity contribution in [3.8, 4) is 5.75 Å². The molecule has 1 aliphatic heterocycles. The maximum Gasteiger partial charge on any atom is 0.408 e. The fourth-order valence-corrected chi connectivity index (χ4v) is 5.33. The van der Waals surface area contributed by atoms with Gasteiger partial charge < -0.3 is 35.8 Å². The fraction of sp³-hybridized carbons (Fsp3) is 0.429. The highest BCUT2D eigenvalue weighted by atomic mass is 16.5. The van der Waals surface area contributed by atoms with Crippen molar-refractivity contribution in [1.82, 2.24) is 31.2 Å². The number of carbonyl (C=O) groups is 4. The third kappa shape index (κ3) is 12.3. The summed E-state index contributed by atoms with van der Waals surface area (Å²) in [6, 6.07) is 12.1. The van der Waals surface area contributed by atoms with Gasteiger partial charge in [-0.2, -0.15) is 0 Å². The molecule has 3 atom stereocenters. The van der Waals surface area contributed by atoms with Gasteiger partial charge in [0.15, 0.2) is 0 Å². The Kier molecular flexibility index (Phi) is 14.1. The average Bonchev–Trinajstić information content (AvgIpc) is 3.10. The lowest BCUT2D eigenvalue weighted by molar-refractivity contribution is -0.140. The molecule has 1 fully saturated rings. The Morgan fingerprint density at radius 3 is 2.60 bits per heavy atom. The first kappa shape index (κ1) is 35.8. The Morgan fingerprint density at radius 2 is 1.88 bits per heavy atom. The highest BCUT2D eigenvalue weighted by Gasteiger charge is 2.29. The number of amides is 3. The third-order valence-electron chi connectivity index (χ3n) is 8.11. The summed E-state index contributed by atoms with van der Waals surface area (Å²) in [6.45, 7) is 4.72. The number of carboxylic acid groups (broad SMARTS) is 1. The minimum atomic E-state index is -1.49. The molecule has 2 aromatic carbocycles. The molecule has 3 unspecified atom stereocenters. The van der Waals surface area contributed by atoms with Crippen LogP contribution in [0.2, 0.25) is 0 Å². The molecule has 48 heavy (non-hydrogen) atoms. The van der Waals surface area contributed by atoms with E-state index in [0.717, 1.165) is 36.2 Å². The number of nitrogens with zero attached hydrogens (tertiary/aromatic N) is 2. The molecule has 1 aliphatic rings. The molecule has 5 N–H and O–H groups in total. The lowest BCUT2D eigenvalue weighted by Crippen LogP contribution is -2.54. The minimum absolute atomic E-state index is 0.0686. The van der Waals surface area contributed by atoms with Crippen LogP contribution < -0.4 is 26.0 Å². The molecular formula is C35H44N6O7. The maximum atomic E-state index is 13.5. The minimum Gasteiger partial charge on any atom is -0.494 e. The second-order valence-electron chi connectivity index (χ2n) is 11.8. The van der Waals surface area contributed by atoms with Crippen LogP contribution >= 0.6 is 0 Å². The van der Waals surface area contributed by atoms with Gasteiger partial charge in [0.2, 0.25) is 11.8 Å². The number of nitrogens with one attached hydrogen (secondary N) is 4. The Bertz CT molecular complexity index is 1490. The number of ether oxygens (including phenoxy) is 2. The van der Waals surface area contributed by atoms with Gasteiger partial charge in [-0.15, -0.1) is 0 Å². The molecule has 256 valence electrons. The molecule has 0 aliphatic carbocycles. The van der Waals surface area contributed by atoms with Gasteiger partial charge in [0, 0.05) is 25.1 Å². The molecule has 4 rings (SSSR count). The van der Waals surface area contributed by atoms with Crippen LogP contribution in [0.25, 0.3) is 0 Å². The number of aromatic nitrogens is 2. The van der Waals surface area contributed by atoms with E-state index in [1.807, 2.05) is 31.2 Å². The van der Waals surface area contributed by atoms with Crippen molar-refractivity contribution in [1.29, 1.82) is 0 Å². The summed E-state index contributed by atoms with van der Waals surface area (Å²) in [5.41, 5.74) is 3.14. The monoisotopic (exact) mass is 660 g/mol. The van der Waals surface area contributed by atoms with Gasteiger partial charge in [0.25, 0.3) is 0 Å². The van der Waals surface area contributed by atoms with Crippen molar-refractivity contribution in [3.63, 3.8) is 0 Å². The van der Waals surface area contributed by atoms with Crippen molar-refractivity contribution < 1.29 is 33.8 Å². The number of carboxylic acids is 1. The largest absolute Gasteiger partial charge is 0.494 e. The predicted octanol–water partition coefficient (Wildman–Crippen LogP) is 3.06. The van der Waals surface area contributed by atoms with Gasteiger partial charge in [-0.25, -0.2) is 4.79 Å². The summed E-state index contributed by atoms with van der Waals surface area (Å²) in [5.74, 6) is -1.33. The third-order valence-corrected chi connectivity index (χ3v) is 8.11. The number of hydrogen-bond acceptors (Lipinski definition) is 9. The zero-order valence-corrected chi connectivity index (χ0v) is 27.2. The zero-order chi connectivity index (χ0) is 34.1. The summed E-state index contributed by atoms with van der Waals surface area (Å²) in [7, 11) is 0. The SMILES string of the molecule is Cc1ccc(OCCC2CCCNC2)cc1CNC(=O)C(CCc1cnccn1)NC(=O)C(CC(=O)O)NC(=O)OCc1ccccc1. The maximum absolute atomic E-state index is 13.5. The van der Waals surface area contributed by atoms with Crippen LogP contribution in [0.1, 0.15) is 54.5 Å². The van der Waals surface area contributed by atoms with Gasteiger partial charge >= 0.3 is 12.1 Å². The van der Waals surface area contributed by atoms with Crippen molar-refractivity contribution in [2.75, 3.05) is 19.7 Å². The van der Waals surface area contributed by atoms with Gasteiger partial charge in [0.1, 0.15) is 24.4 Å². The number of alkyl carbamates (subject to hydrolysis) is 1. The second kappa shape index (κ2) is 18.9. The zero-order valence-electron chi connectivity index (χ0n) is 27.2. The number of aryl methyl sites for hydroxylation is 2. The van der Waals surface area contributed by atoms with E-state index in [1.54, 1.807) is 30.5 Å². The molecule has 0 spiro atoms. The average molecular weight is 661 g/mol. The molecule has 1 saturated heterocycles. The fourth-order valence-electron chi connectivity index (χ4n) is 5.33. The van der Waals surface area contributed by atoms with Crippen LogP contribution in [0.15, 0.2) is 67.1 Å². The number of rotatable bonds is 17. The first-order chi connectivity index (χ1) is 23.3. The number of aliphatic carboxylic acids is 1. The molecule has 13 heteroatoms. The highest BCUT2D eigenvalue weighted by Crippen LogP contribution is 2.20. The van der Waals surface area contributed by atoms with Crippen LogP contribution in [0.5, 0.6) is 5.75 Å². The molecule has 1 aromatic heterocycles. The van der Waals surface area contributed by atoms with Gasteiger partial charge in [-0.05, 0) is 86.9 Å². The van der Waals surface area contributed by atoms with E-state index in [-0.39, 0.29) is 19.6 Å². The summed E-state index contributed by atoms with van der Waals surface area (Å²) >= 11 is 0. The first-order valence-electron chi connectivity index (χ1n) is 16.2. The summed E-state index contributed by atoms with van der Waals surface area (Å²) < 4.78 is 11.2. The topological polar surface area (TPSA) is 181 Å². The molecule has 3 aromatic rings. The Labute approximate surface area is 280 Å². The standard InChI is InChI=1S/C35H44N6O7/c1-24-9-11-29(47-17-13-25-8-5-14-36-20-25)18-27(24)21-39-33(44)30(12-10-28-22-37-15-16-38-28)40-34(45)31(19-32(42)43)41-35(46)48-23-26-6-3-2-4-7-26/h2-4,6-7,9,11,15-16,18,22,25,30-31,36H,5,8,10,12-14,17,19-21,23H2,1H3,(H,39,44)(H,40,45)(H,41,46)(H,42,43). The van der Waals surface area contributed by atoms with E-state index < -0.39 is 42.4 Å². The number of carbonyl (C=O) groups excluding carboxylic acids is 3. The number of piperidine rings is 1. The Hall–Kier alpha value is -5.04. The molecule has 2 heterocycles. The predicted molar refractivity (Wildman–Crippen MR) is 177 cm³/mol.